The van der Waals surface area contributed by atoms with E-state index >= 15 is 0 Å². The highest BCUT2D eigenvalue weighted by Gasteiger charge is 2.25. The lowest BCUT2D eigenvalue weighted by atomic mass is 9.89. The third-order valence-corrected chi connectivity index (χ3v) is 2.01. The topological polar surface area (TPSA) is 46.3 Å². The molecule has 1 rings (SSSR count). The van der Waals surface area contributed by atoms with Crippen molar-refractivity contribution in [3.05, 3.63) is 0 Å². The first kappa shape index (κ1) is 8.68. The molecule has 0 amide bonds. The van der Waals surface area contributed by atoms with Crippen molar-refractivity contribution in [1.82, 2.24) is 4.81 Å². The average molecular weight is 158 g/mol. The highest BCUT2D eigenvalue weighted by atomic mass is 19.1. The molecule has 1 fully saturated rings. The van der Waals surface area contributed by atoms with Crippen LogP contribution < -0.4 is 5.73 Å². The van der Waals surface area contributed by atoms with Crippen molar-refractivity contribution in [3.63, 3.8) is 0 Å². The van der Waals surface area contributed by atoms with Crippen molar-refractivity contribution < 1.29 is 9.18 Å². The Kier molecular flexibility index (Phi) is 3.02. The van der Waals surface area contributed by atoms with Crippen LogP contribution in [0.1, 0.15) is 6.42 Å². The van der Waals surface area contributed by atoms with E-state index in [4.69, 9.17) is 5.73 Å². The van der Waals surface area contributed by atoms with Gasteiger partial charge in [0.1, 0.15) is 6.17 Å². The molecule has 0 saturated carbocycles. The van der Waals surface area contributed by atoms with Gasteiger partial charge < -0.3 is 15.3 Å². The van der Waals surface area contributed by atoms with Crippen molar-refractivity contribution in [2.45, 2.75) is 18.6 Å². The fourth-order valence-electron chi connectivity index (χ4n) is 1.26. The number of carbonyl (C=O) groups excluding carboxylic acids is 1. The second kappa shape index (κ2) is 3.83. The first-order valence-corrected chi connectivity index (χ1v) is 3.79. The minimum Gasteiger partial charge on any atom is -0.336 e. The molecule has 1 heterocycles. The molecule has 1 aliphatic rings. The van der Waals surface area contributed by atoms with Gasteiger partial charge in [0.2, 0.25) is 0 Å². The largest absolute Gasteiger partial charge is 0.336 e. The van der Waals surface area contributed by atoms with E-state index in [0.717, 1.165) is 12.7 Å². The van der Waals surface area contributed by atoms with E-state index in [9.17, 15) is 9.18 Å². The Morgan fingerprint density at radius 1 is 1.73 bits per heavy atom. The number of piperidine rings is 1. The number of rotatable bonds is 2. The normalized spacial score (nSPS) is 33.3. The number of alkyl halides is 1. The number of hydrogen-bond donors (Lipinski definition) is 1. The molecule has 0 bridgehead atoms. The molecule has 0 aromatic rings. The van der Waals surface area contributed by atoms with Crippen LogP contribution in [-0.4, -0.2) is 43.7 Å². The molecule has 2 N–H and O–H groups in total. The van der Waals surface area contributed by atoms with Crippen LogP contribution in [0.25, 0.3) is 0 Å². The summed E-state index contributed by atoms with van der Waals surface area (Å²) in [6, 6.07) is -0.335. The van der Waals surface area contributed by atoms with E-state index in [0.29, 0.717) is 20.4 Å². The van der Waals surface area contributed by atoms with Crippen LogP contribution in [0.15, 0.2) is 0 Å². The standard InChI is InChI=1S/C6H12BFN2O/c8-5-3-10(7-4-11)2-1-6(5)9/h4-7H,1-3,9H2/t5-,6-/m0/s1. The van der Waals surface area contributed by atoms with E-state index in [1.165, 1.54) is 0 Å². The minimum atomic E-state index is -0.969. The molecule has 11 heavy (non-hydrogen) atoms. The molecule has 0 aliphatic carbocycles. The van der Waals surface area contributed by atoms with Gasteiger partial charge >= 0.3 is 0 Å². The number of nitrogens with zero attached hydrogens (tertiary/aromatic N) is 1. The lowest BCUT2D eigenvalue weighted by Crippen LogP contribution is -2.49. The predicted octanol–water partition coefficient (Wildman–Crippen LogP) is -1.10. The van der Waals surface area contributed by atoms with Crippen molar-refractivity contribution in [2.24, 2.45) is 5.73 Å². The fraction of sp³-hybridized carbons (Fsp3) is 0.833. The molecule has 3 nitrogen and oxygen atoms in total. The van der Waals surface area contributed by atoms with Gasteiger partial charge in [-0.25, -0.2) is 4.39 Å². The maximum Gasteiger partial charge on any atom is 0.281 e. The van der Waals surface area contributed by atoms with E-state index in [-0.39, 0.29) is 6.04 Å². The Morgan fingerprint density at radius 3 is 3.00 bits per heavy atom. The van der Waals surface area contributed by atoms with Gasteiger partial charge in [-0.1, -0.05) is 0 Å². The lowest BCUT2D eigenvalue weighted by molar-refractivity contribution is 0.178. The van der Waals surface area contributed by atoms with Crippen molar-refractivity contribution in [3.8, 4) is 0 Å². The zero-order chi connectivity index (χ0) is 8.27. The zero-order valence-corrected chi connectivity index (χ0v) is 6.37. The summed E-state index contributed by atoms with van der Waals surface area (Å²) in [6.45, 7) is 1.04. The summed E-state index contributed by atoms with van der Waals surface area (Å²) >= 11 is 0. The van der Waals surface area contributed by atoms with E-state index in [1.807, 2.05) is 0 Å². The van der Waals surface area contributed by atoms with Crippen LogP contribution in [-0.2, 0) is 4.79 Å². The highest BCUT2D eigenvalue weighted by molar-refractivity contribution is 6.64. The van der Waals surface area contributed by atoms with Gasteiger partial charge in [-0.3, -0.25) is 0 Å². The molecule has 1 saturated heterocycles. The lowest BCUT2D eigenvalue weighted by Gasteiger charge is -2.31. The molecular weight excluding hydrogens is 146 g/mol. The molecule has 0 radical (unpaired) electrons. The first-order valence-electron chi connectivity index (χ1n) is 3.79. The van der Waals surface area contributed by atoms with Crippen molar-refractivity contribution >= 4 is 13.6 Å². The van der Waals surface area contributed by atoms with Crippen molar-refractivity contribution in [2.75, 3.05) is 13.1 Å². The summed E-state index contributed by atoms with van der Waals surface area (Å²) in [5.41, 5.74) is 5.45. The van der Waals surface area contributed by atoms with Gasteiger partial charge in [0.15, 0.2) is 0 Å². The monoisotopic (exact) mass is 158 g/mol. The van der Waals surface area contributed by atoms with Crippen LogP contribution >= 0.6 is 0 Å². The predicted molar refractivity (Wildman–Crippen MR) is 43.0 cm³/mol. The number of halogens is 1. The Morgan fingerprint density at radius 2 is 2.45 bits per heavy atom. The summed E-state index contributed by atoms with van der Waals surface area (Å²) < 4.78 is 12.9. The number of carbonyl (C=O) groups is 1. The van der Waals surface area contributed by atoms with Crippen LogP contribution in [0.4, 0.5) is 4.39 Å². The third-order valence-electron chi connectivity index (χ3n) is 2.01. The second-order valence-electron chi connectivity index (χ2n) is 2.89. The highest BCUT2D eigenvalue weighted by Crippen LogP contribution is 2.10. The van der Waals surface area contributed by atoms with E-state index in [1.54, 1.807) is 4.81 Å². The summed E-state index contributed by atoms with van der Waals surface area (Å²) in [5, 5.41) is 0. The zero-order valence-electron chi connectivity index (χ0n) is 6.37. The minimum absolute atomic E-state index is 0.305. The van der Waals surface area contributed by atoms with Gasteiger partial charge in [0.05, 0.1) is 6.19 Å². The number of nitrogens with two attached hydrogens (primary N) is 1. The number of hydrogen-bond acceptors (Lipinski definition) is 3. The van der Waals surface area contributed by atoms with E-state index < -0.39 is 6.17 Å². The third kappa shape index (κ3) is 2.27. The van der Waals surface area contributed by atoms with E-state index in [2.05, 4.69) is 0 Å². The fourth-order valence-corrected chi connectivity index (χ4v) is 1.26. The Labute approximate surface area is 66.0 Å². The SMILES string of the molecule is N[C@H]1CCN(BC=O)C[C@@H]1F. The Balaban J connectivity index is 2.33. The summed E-state index contributed by atoms with van der Waals surface area (Å²) in [6.07, 6.45) is 0.474. The van der Waals surface area contributed by atoms with Crippen LogP contribution in [0.3, 0.4) is 0 Å². The van der Waals surface area contributed by atoms with Crippen LogP contribution in [0.5, 0.6) is 0 Å². The molecule has 62 valence electrons. The van der Waals surface area contributed by atoms with Gasteiger partial charge in [-0.15, -0.1) is 0 Å². The molecule has 1 aliphatic heterocycles. The van der Waals surface area contributed by atoms with Gasteiger partial charge in [-0.05, 0) is 13.0 Å². The summed E-state index contributed by atoms with van der Waals surface area (Å²) in [7, 11) is 0.327. The maximum atomic E-state index is 12.9. The van der Waals surface area contributed by atoms with Gasteiger partial charge in [0.25, 0.3) is 7.41 Å². The Bertz CT molecular complexity index is 147. The van der Waals surface area contributed by atoms with Gasteiger partial charge in [-0.2, -0.15) is 0 Å². The van der Waals surface area contributed by atoms with Crippen LogP contribution in [0.2, 0.25) is 0 Å². The molecule has 2 atom stereocenters. The second-order valence-corrected chi connectivity index (χ2v) is 2.89. The first-order chi connectivity index (χ1) is 5.24. The molecule has 5 heteroatoms. The smallest absolute Gasteiger partial charge is 0.281 e. The molecular formula is C6H12BFN2O. The molecule has 0 aromatic heterocycles. The molecule has 0 spiro atoms. The average Bonchev–Trinajstić information content (AvgIpc) is 1.98. The quantitative estimate of drug-likeness (QED) is 0.409. The maximum absolute atomic E-state index is 12.9. The Hall–Kier alpha value is -0.415. The molecule has 0 unspecified atom stereocenters. The molecule has 0 aromatic carbocycles. The summed E-state index contributed by atoms with van der Waals surface area (Å²) in [5.74, 6) is 0. The summed E-state index contributed by atoms with van der Waals surface area (Å²) in [4.78, 5) is 11.8. The van der Waals surface area contributed by atoms with Crippen LogP contribution in [0, 0.1) is 0 Å². The van der Waals surface area contributed by atoms with Crippen molar-refractivity contribution in [1.29, 1.82) is 0 Å². The van der Waals surface area contributed by atoms with Gasteiger partial charge in [0, 0.05) is 12.6 Å².